The van der Waals surface area contributed by atoms with E-state index in [0.29, 0.717) is 0 Å². The van der Waals surface area contributed by atoms with Crippen LogP contribution in [-0.2, 0) is 4.74 Å². The van der Waals surface area contributed by atoms with Gasteiger partial charge in [-0.25, -0.2) is 13.6 Å². The average Bonchev–Trinajstić information content (AvgIpc) is 2.27. The van der Waals surface area contributed by atoms with E-state index in [9.17, 15) is 13.6 Å². The molecule has 0 heterocycles. The Morgan fingerprint density at radius 1 is 1.38 bits per heavy atom. The number of halogens is 3. The van der Waals surface area contributed by atoms with E-state index >= 15 is 0 Å². The predicted molar refractivity (Wildman–Crippen MR) is 58.0 cm³/mol. The molecule has 2 N–H and O–H groups in total. The van der Waals surface area contributed by atoms with E-state index in [4.69, 9.17) is 5.73 Å². The van der Waals surface area contributed by atoms with Crippen LogP contribution in [-0.4, -0.2) is 19.5 Å². The molecule has 0 saturated carbocycles. The quantitative estimate of drug-likeness (QED) is 0.838. The first kappa shape index (κ1) is 14.8. The molecule has 1 aromatic carbocycles. The Kier molecular flexibility index (Phi) is 5.92. The Hall–Kier alpha value is -1.20. The van der Waals surface area contributed by atoms with Gasteiger partial charge in [0.05, 0.1) is 18.7 Å². The SMILES string of the molecule is COC(=O)c1ccccc1[C@@H](N)C(F)F.Cl. The van der Waals surface area contributed by atoms with E-state index in [1.165, 1.54) is 19.2 Å². The summed E-state index contributed by atoms with van der Waals surface area (Å²) in [7, 11) is 1.19. The number of rotatable bonds is 3. The van der Waals surface area contributed by atoms with Crippen LogP contribution in [0.4, 0.5) is 8.78 Å². The van der Waals surface area contributed by atoms with Gasteiger partial charge < -0.3 is 10.5 Å². The van der Waals surface area contributed by atoms with E-state index < -0.39 is 18.4 Å². The molecule has 0 radical (unpaired) electrons. The van der Waals surface area contributed by atoms with Gasteiger partial charge in [0, 0.05) is 0 Å². The van der Waals surface area contributed by atoms with Crippen LogP contribution in [0.2, 0.25) is 0 Å². The van der Waals surface area contributed by atoms with Gasteiger partial charge in [0.25, 0.3) is 6.43 Å². The van der Waals surface area contributed by atoms with Gasteiger partial charge in [0.15, 0.2) is 0 Å². The molecule has 1 aromatic rings. The average molecular weight is 252 g/mol. The summed E-state index contributed by atoms with van der Waals surface area (Å²) in [5.74, 6) is -0.665. The molecule has 16 heavy (non-hydrogen) atoms. The van der Waals surface area contributed by atoms with Crippen LogP contribution in [0, 0.1) is 0 Å². The summed E-state index contributed by atoms with van der Waals surface area (Å²) in [4.78, 5) is 11.2. The molecule has 0 fully saturated rings. The monoisotopic (exact) mass is 251 g/mol. The maximum Gasteiger partial charge on any atom is 0.338 e. The summed E-state index contributed by atoms with van der Waals surface area (Å²) in [6, 6.07) is 4.44. The number of esters is 1. The van der Waals surface area contributed by atoms with Crippen LogP contribution in [0.15, 0.2) is 24.3 Å². The highest BCUT2D eigenvalue weighted by Gasteiger charge is 2.23. The molecular formula is C10H12ClF2NO2. The standard InChI is InChI=1S/C10H11F2NO2.ClH/c1-15-10(14)7-5-3-2-4-6(7)8(13)9(11)12;/h2-5,8-9H,13H2,1H3;1H/t8-;/m1./s1. The Morgan fingerprint density at radius 2 is 1.94 bits per heavy atom. The van der Waals surface area contributed by atoms with Crippen molar-refractivity contribution in [3.63, 3.8) is 0 Å². The largest absolute Gasteiger partial charge is 0.465 e. The third kappa shape index (κ3) is 3.15. The first-order chi connectivity index (χ1) is 7.07. The van der Waals surface area contributed by atoms with E-state index in [0.717, 1.165) is 0 Å². The molecule has 0 bridgehead atoms. The Morgan fingerprint density at radius 3 is 2.44 bits per heavy atom. The fourth-order valence-electron chi connectivity index (χ4n) is 1.22. The van der Waals surface area contributed by atoms with E-state index in [1.807, 2.05) is 0 Å². The number of methoxy groups -OCH3 is 1. The van der Waals surface area contributed by atoms with Crippen molar-refractivity contribution in [2.75, 3.05) is 7.11 Å². The molecule has 3 nitrogen and oxygen atoms in total. The van der Waals surface area contributed by atoms with Crippen LogP contribution >= 0.6 is 12.4 Å². The molecular weight excluding hydrogens is 240 g/mol. The summed E-state index contributed by atoms with van der Waals surface area (Å²) in [5, 5.41) is 0. The first-order valence-electron chi connectivity index (χ1n) is 4.29. The zero-order valence-electron chi connectivity index (χ0n) is 8.52. The van der Waals surface area contributed by atoms with Gasteiger partial charge in [0.2, 0.25) is 0 Å². The molecule has 0 spiro atoms. The maximum absolute atomic E-state index is 12.4. The highest BCUT2D eigenvalue weighted by Crippen LogP contribution is 2.22. The third-order valence-corrected chi connectivity index (χ3v) is 2.00. The lowest BCUT2D eigenvalue weighted by Gasteiger charge is -2.13. The van der Waals surface area contributed by atoms with Crippen LogP contribution in [0.3, 0.4) is 0 Å². The summed E-state index contributed by atoms with van der Waals surface area (Å²) >= 11 is 0. The maximum atomic E-state index is 12.4. The van der Waals surface area contributed by atoms with Crippen molar-refractivity contribution < 1.29 is 18.3 Å². The van der Waals surface area contributed by atoms with Crippen molar-refractivity contribution in [1.29, 1.82) is 0 Å². The molecule has 6 heteroatoms. The van der Waals surface area contributed by atoms with Gasteiger partial charge in [-0.05, 0) is 11.6 Å². The highest BCUT2D eigenvalue weighted by atomic mass is 35.5. The second-order valence-corrected chi connectivity index (χ2v) is 2.94. The van der Waals surface area contributed by atoms with Crippen molar-refractivity contribution in [2.45, 2.75) is 12.5 Å². The van der Waals surface area contributed by atoms with Gasteiger partial charge in [-0.2, -0.15) is 0 Å². The summed E-state index contributed by atoms with van der Waals surface area (Å²) in [6.45, 7) is 0. The molecule has 0 aromatic heterocycles. The Labute approximate surface area is 98.0 Å². The minimum absolute atomic E-state index is 0. The molecule has 1 rings (SSSR count). The summed E-state index contributed by atoms with van der Waals surface area (Å²) < 4.78 is 29.2. The van der Waals surface area contributed by atoms with Gasteiger partial charge in [-0.1, -0.05) is 18.2 Å². The number of nitrogens with two attached hydrogens (primary N) is 1. The fraction of sp³-hybridized carbons (Fsp3) is 0.300. The Bertz CT molecular complexity index is 360. The lowest BCUT2D eigenvalue weighted by Crippen LogP contribution is -2.22. The van der Waals surface area contributed by atoms with Crippen LogP contribution < -0.4 is 5.73 Å². The smallest absolute Gasteiger partial charge is 0.338 e. The molecule has 0 unspecified atom stereocenters. The number of alkyl halides is 2. The van der Waals surface area contributed by atoms with Crippen molar-refractivity contribution in [3.05, 3.63) is 35.4 Å². The lowest BCUT2D eigenvalue weighted by atomic mass is 10.0. The number of carbonyl (C=O) groups is 1. The number of ether oxygens (including phenoxy) is 1. The minimum atomic E-state index is -2.71. The van der Waals surface area contributed by atoms with Gasteiger partial charge in [-0.15, -0.1) is 12.4 Å². The van der Waals surface area contributed by atoms with Gasteiger partial charge in [-0.3, -0.25) is 0 Å². The third-order valence-electron chi connectivity index (χ3n) is 2.00. The number of carbonyl (C=O) groups excluding carboxylic acids is 1. The van der Waals surface area contributed by atoms with Gasteiger partial charge in [0.1, 0.15) is 0 Å². The van der Waals surface area contributed by atoms with Gasteiger partial charge >= 0.3 is 5.97 Å². The number of hydrogen-bond acceptors (Lipinski definition) is 3. The Balaban J connectivity index is 0.00000225. The number of benzene rings is 1. The molecule has 0 amide bonds. The lowest BCUT2D eigenvalue weighted by molar-refractivity contribution is 0.0595. The van der Waals surface area contributed by atoms with Crippen molar-refractivity contribution in [2.24, 2.45) is 5.73 Å². The van der Waals surface area contributed by atoms with Crippen molar-refractivity contribution in [1.82, 2.24) is 0 Å². The van der Waals surface area contributed by atoms with E-state index in [1.54, 1.807) is 12.1 Å². The van der Waals surface area contributed by atoms with Crippen LogP contribution in [0.1, 0.15) is 22.0 Å². The zero-order chi connectivity index (χ0) is 11.4. The second-order valence-electron chi connectivity index (χ2n) is 2.94. The van der Waals surface area contributed by atoms with Crippen LogP contribution in [0.25, 0.3) is 0 Å². The summed E-state index contributed by atoms with van der Waals surface area (Å²) in [5.41, 5.74) is 5.45. The van der Waals surface area contributed by atoms with E-state index in [-0.39, 0.29) is 23.5 Å². The molecule has 0 aliphatic rings. The molecule has 1 atom stereocenters. The fourth-order valence-corrected chi connectivity index (χ4v) is 1.22. The topological polar surface area (TPSA) is 52.3 Å². The minimum Gasteiger partial charge on any atom is -0.465 e. The molecule has 0 saturated heterocycles. The molecule has 0 aliphatic carbocycles. The first-order valence-corrected chi connectivity index (χ1v) is 4.29. The normalized spacial score (nSPS) is 11.8. The predicted octanol–water partition coefficient (Wildman–Crippen LogP) is 2.16. The van der Waals surface area contributed by atoms with Crippen molar-refractivity contribution >= 4 is 18.4 Å². The zero-order valence-corrected chi connectivity index (χ0v) is 9.34. The molecule has 0 aliphatic heterocycles. The number of hydrogen-bond donors (Lipinski definition) is 1. The summed E-state index contributed by atoms with van der Waals surface area (Å²) in [6.07, 6.45) is -2.71. The highest BCUT2D eigenvalue weighted by molar-refractivity contribution is 5.91. The van der Waals surface area contributed by atoms with Crippen molar-refractivity contribution in [3.8, 4) is 0 Å². The second kappa shape index (κ2) is 6.40. The van der Waals surface area contributed by atoms with E-state index in [2.05, 4.69) is 4.74 Å². The van der Waals surface area contributed by atoms with Crippen LogP contribution in [0.5, 0.6) is 0 Å². The molecule has 90 valence electrons.